The van der Waals surface area contributed by atoms with E-state index in [1.165, 1.54) is 48.5 Å². The monoisotopic (exact) mass is 1170 g/mol. The zero-order chi connectivity index (χ0) is 58.0. The molecule has 12 nitrogen and oxygen atoms in total. The Bertz CT molecular complexity index is 3760. The highest BCUT2D eigenvalue weighted by Crippen LogP contribution is 2.48. The normalized spacial score (nSPS) is 15.4. The number of benzene rings is 8. The molecule has 8 aromatic rings. The summed E-state index contributed by atoms with van der Waals surface area (Å²) in [4.78, 5) is -0.880. The van der Waals surface area contributed by atoms with Crippen molar-refractivity contribution in [3.05, 3.63) is 263 Å². The molecule has 16 heteroatoms. The molecule has 424 valence electrons. The second-order valence-electron chi connectivity index (χ2n) is 21.5. The highest BCUT2D eigenvalue weighted by atomic mass is 32.2. The van der Waals surface area contributed by atoms with Crippen LogP contribution in [0.1, 0.15) is 151 Å². The predicted octanol–water partition coefficient (Wildman–Crippen LogP) is 15.0. The van der Waals surface area contributed by atoms with E-state index in [1.807, 2.05) is 79.7 Å². The summed E-state index contributed by atoms with van der Waals surface area (Å²) in [7, 11) is -17.9. The van der Waals surface area contributed by atoms with Gasteiger partial charge in [-0.3, -0.25) is 18.2 Å². The van der Waals surface area contributed by atoms with E-state index in [1.54, 1.807) is 48.5 Å². The fourth-order valence-corrected chi connectivity index (χ4v) is 13.6. The summed E-state index contributed by atoms with van der Waals surface area (Å²) in [5.41, 5.74) is 7.88. The first-order valence-electron chi connectivity index (χ1n) is 27.0. The van der Waals surface area contributed by atoms with Crippen molar-refractivity contribution in [3.63, 3.8) is 0 Å². The van der Waals surface area contributed by atoms with E-state index in [-0.39, 0.29) is 66.9 Å². The first kappa shape index (κ1) is 60.5. The van der Waals surface area contributed by atoms with Gasteiger partial charge in [-0.1, -0.05) is 184 Å². The summed E-state index contributed by atoms with van der Waals surface area (Å²) in [6.07, 6.45) is 4.34. The molecule has 0 saturated heterocycles. The van der Waals surface area contributed by atoms with Gasteiger partial charge in [0.25, 0.3) is 40.5 Å². The van der Waals surface area contributed by atoms with Crippen molar-refractivity contribution in [3.8, 4) is 0 Å². The van der Waals surface area contributed by atoms with Crippen LogP contribution in [-0.4, -0.2) is 51.9 Å². The van der Waals surface area contributed by atoms with E-state index in [4.69, 9.17) is 0 Å². The fraction of sp³-hybridized carbons (Fsp3) is 0.262. The fourth-order valence-electron chi connectivity index (χ4n) is 11.7. The van der Waals surface area contributed by atoms with Crippen molar-refractivity contribution in [1.29, 1.82) is 0 Å². The van der Waals surface area contributed by atoms with E-state index in [2.05, 4.69) is 55.5 Å². The molecule has 0 radical (unpaired) electrons. The Kier molecular flexibility index (Phi) is 19.8. The Morgan fingerprint density at radius 1 is 0.235 bits per heavy atom. The lowest BCUT2D eigenvalue weighted by Crippen LogP contribution is -2.17. The van der Waals surface area contributed by atoms with Gasteiger partial charge >= 0.3 is 0 Å². The Hall–Kier alpha value is -6.60. The quantitative estimate of drug-likeness (QED) is 0.0372. The lowest BCUT2D eigenvalue weighted by molar-refractivity contribution is 0.379. The highest BCUT2D eigenvalue weighted by Gasteiger charge is 2.32. The van der Waals surface area contributed by atoms with Gasteiger partial charge in [-0.15, -0.1) is 0 Å². The highest BCUT2D eigenvalue weighted by molar-refractivity contribution is 7.86. The number of hydrogen-bond acceptors (Lipinski definition) is 8. The molecule has 8 unspecified atom stereocenters. The molecular formula is C65H68O12S4. The third-order valence-electron chi connectivity index (χ3n) is 16.0. The maximum Gasteiger partial charge on any atom is 0.294 e. The van der Waals surface area contributed by atoms with Gasteiger partial charge < -0.3 is 0 Å². The van der Waals surface area contributed by atoms with Gasteiger partial charge in [0.05, 0.1) is 19.6 Å². The lowest BCUT2D eigenvalue weighted by Gasteiger charge is -2.34. The molecule has 8 aromatic carbocycles. The molecule has 81 heavy (non-hydrogen) atoms. The van der Waals surface area contributed by atoms with Gasteiger partial charge in [0.2, 0.25) is 0 Å². The predicted molar refractivity (Wildman–Crippen MR) is 316 cm³/mol. The molecule has 0 amide bonds. The standard InChI is InChI=1S/C65H68O12S4/c1-46(48-15-7-3-8-16-48)39-56(53-25-33-63(34-26-53)79(69,70)71)41-59(51-19-11-5-12-20-51)44-61(55-29-37-65(38-30-55)81(75,76)77)45-60(52-21-13-6-14-22-52)43-58(50-17-9-4-10-18-50)42-57(54-27-35-64(36-28-54)80(72,73)74)40-47(2)49-23-31-62(32-24-49)78(66,67)68/h3-38,46-47,56-61H,39-45H2,1-2H3,(H,66,67,68)(H,69,70,71)(H,72,73,74)(H,75,76,77). The molecular weight excluding hydrogens is 1100 g/mol. The molecule has 0 saturated carbocycles. The minimum Gasteiger partial charge on any atom is -0.282 e. The van der Waals surface area contributed by atoms with Gasteiger partial charge in [0.15, 0.2) is 0 Å². The summed E-state index contributed by atoms with van der Waals surface area (Å²) in [6, 6.07) is 66.2. The van der Waals surface area contributed by atoms with Crippen molar-refractivity contribution in [2.75, 3.05) is 0 Å². The first-order chi connectivity index (χ1) is 38.5. The van der Waals surface area contributed by atoms with Gasteiger partial charge in [-0.2, -0.15) is 33.7 Å². The molecule has 0 aromatic heterocycles. The minimum atomic E-state index is -4.53. The van der Waals surface area contributed by atoms with Crippen LogP contribution in [0.4, 0.5) is 0 Å². The van der Waals surface area contributed by atoms with Crippen LogP contribution < -0.4 is 0 Å². The van der Waals surface area contributed by atoms with E-state index in [0.717, 1.165) is 44.5 Å². The second kappa shape index (κ2) is 26.5. The third kappa shape index (κ3) is 16.8. The van der Waals surface area contributed by atoms with E-state index in [0.29, 0.717) is 44.9 Å². The van der Waals surface area contributed by atoms with Crippen molar-refractivity contribution in [2.24, 2.45) is 0 Å². The number of rotatable bonds is 26. The van der Waals surface area contributed by atoms with Crippen molar-refractivity contribution in [2.45, 2.75) is 126 Å². The molecule has 0 heterocycles. The SMILES string of the molecule is CC(CC(CC(CC(CC(CC(CC(CC(C)c1ccccc1)c1ccc(S(=O)(=O)O)cc1)c1ccccc1)c1ccc(S(=O)(=O)O)cc1)c1ccccc1)c1ccccc1)c1ccc(S(=O)(=O)O)cc1)c1ccc(S(=O)(=O)O)cc1. The Morgan fingerprint density at radius 3 is 0.605 bits per heavy atom. The molecule has 0 aliphatic heterocycles. The Labute approximate surface area is 478 Å². The van der Waals surface area contributed by atoms with Crippen molar-refractivity contribution >= 4 is 40.5 Å². The van der Waals surface area contributed by atoms with E-state index < -0.39 is 40.5 Å². The van der Waals surface area contributed by atoms with Gasteiger partial charge in [0.1, 0.15) is 0 Å². The molecule has 0 spiro atoms. The average Bonchev–Trinajstić information content (AvgIpc) is 3.50. The summed E-state index contributed by atoms with van der Waals surface area (Å²) in [6.45, 7) is 4.22. The topological polar surface area (TPSA) is 217 Å². The second-order valence-corrected chi connectivity index (χ2v) is 27.1. The third-order valence-corrected chi connectivity index (χ3v) is 19.5. The van der Waals surface area contributed by atoms with Crippen molar-refractivity contribution < 1.29 is 51.9 Å². The van der Waals surface area contributed by atoms with E-state index >= 15 is 0 Å². The van der Waals surface area contributed by atoms with Crippen LogP contribution in [0.25, 0.3) is 0 Å². The van der Waals surface area contributed by atoms with Gasteiger partial charge in [0, 0.05) is 0 Å². The zero-order valence-electron chi connectivity index (χ0n) is 45.0. The maximum atomic E-state index is 12.5. The van der Waals surface area contributed by atoms with Crippen LogP contribution in [0.2, 0.25) is 0 Å². The summed E-state index contributed by atoms with van der Waals surface area (Å²) in [5.74, 6) is -0.875. The van der Waals surface area contributed by atoms with Crippen LogP contribution in [0.15, 0.2) is 238 Å². The molecule has 0 fully saturated rings. The largest absolute Gasteiger partial charge is 0.294 e. The number of hydrogen-bond donors (Lipinski definition) is 4. The van der Waals surface area contributed by atoms with Crippen LogP contribution in [-0.2, 0) is 40.5 Å². The summed E-state index contributed by atoms with van der Waals surface area (Å²) in [5, 5.41) is 0. The molecule has 0 aliphatic carbocycles. The average molecular weight is 1170 g/mol. The smallest absolute Gasteiger partial charge is 0.282 e. The van der Waals surface area contributed by atoms with Crippen molar-refractivity contribution in [1.82, 2.24) is 0 Å². The van der Waals surface area contributed by atoms with Crippen LogP contribution in [0, 0.1) is 0 Å². The minimum absolute atomic E-state index is 0.0951. The molecule has 0 bridgehead atoms. The Morgan fingerprint density at radius 2 is 0.395 bits per heavy atom. The van der Waals surface area contributed by atoms with Crippen LogP contribution in [0.3, 0.4) is 0 Å². The Balaban J connectivity index is 1.21. The summed E-state index contributed by atoms with van der Waals surface area (Å²) >= 11 is 0. The molecule has 4 N–H and O–H groups in total. The van der Waals surface area contributed by atoms with E-state index in [9.17, 15) is 51.9 Å². The molecule has 0 aliphatic rings. The maximum absolute atomic E-state index is 12.5. The first-order valence-corrected chi connectivity index (χ1v) is 32.7. The van der Waals surface area contributed by atoms with Gasteiger partial charge in [-0.05, 0) is 185 Å². The lowest BCUT2D eigenvalue weighted by atomic mass is 9.71. The molecule has 8 atom stereocenters. The van der Waals surface area contributed by atoms with Crippen LogP contribution >= 0.6 is 0 Å². The zero-order valence-corrected chi connectivity index (χ0v) is 48.3. The van der Waals surface area contributed by atoms with Gasteiger partial charge in [-0.25, -0.2) is 0 Å². The summed E-state index contributed by atoms with van der Waals surface area (Å²) < 4.78 is 138. The molecule has 8 rings (SSSR count). The van der Waals surface area contributed by atoms with Crippen LogP contribution in [0.5, 0.6) is 0 Å².